The summed E-state index contributed by atoms with van der Waals surface area (Å²) in [6, 6.07) is 3.60. The molecule has 2 aromatic rings. The minimum Gasteiger partial charge on any atom is -0.325 e. The van der Waals surface area contributed by atoms with E-state index in [0.717, 1.165) is 43.4 Å². The topological polar surface area (TPSA) is 75.9 Å². The van der Waals surface area contributed by atoms with Crippen molar-refractivity contribution in [2.75, 3.05) is 25.0 Å². The molecule has 3 rings (SSSR count). The summed E-state index contributed by atoms with van der Waals surface area (Å²) in [5.41, 5.74) is 0.789. The molecule has 0 spiro atoms. The molecule has 2 aromatic heterocycles. The van der Waals surface area contributed by atoms with Gasteiger partial charge in [-0.3, -0.25) is 14.7 Å². The first-order valence-electron chi connectivity index (χ1n) is 8.40. The monoisotopic (exact) mass is 328 g/mol. The Kier molecular flexibility index (Phi) is 5.20. The van der Waals surface area contributed by atoms with Crippen molar-refractivity contribution >= 4 is 11.6 Å². The van der Waals surface area contributed by atoms with Gasteiger partial charge in [0.15, 0.2) is 0 Å². The lowest BCUT2D eigenvalue weighted by molar-refractivity contribution is -0.117. The van der Waals surface area contributed by atoms with Crippen LogP contribution in [0.1, 0.15) is 24.5 Å². The van der Waals surface area contributed by atoms with Crippen molar-refractivity contribution in [3.63, 3.8) is 0 Å². The van der Waals surface area contributed by atoms with E-state index in [1.54, 1.807) is 24.5 Å². The molecule has 3 heterocycles. The van der Waals surface area contributed by atoms with E-state index in [2.05, 4.69) is 25.3 Å². The number of pyridine rings is 1. The third-order valence-corrected chi connectivity index (χ3v) is 4.33. The van der Waals surface area contributed by atoms with Crippen LogP contribution in [-0.2, 0) is 11.3 Å². The summed E-state index contributed by atoms with van der Waals surface area (Å²) in [6.45, 7) is 7.09. The number of anilines is 1. The Morgan fingerprint density at radius 3 is 2.83 bits per heavy atom. The number of aromatic nitrogens is 4. The van der Waals surface area contributed by atoms with Crippen LogP contribution >= 0.6 is 0 Å². The van der Waals surface area contributed by atoms with Crippen molar-refractivity contribution in [2.24, 2.45) is 5.92 Å². The number of carbonyl (C=O) groups is 1. The van der Waals surface area contributed by atoms with E-state index in [9.17, 15) is 4.79 Å². The number of hydrogen-bond acceptors (Lipinski definition) is 5. The van der Waals surface area contributed by atoms with Crippen molar-refractivity contribution in [2.45, 2.75) is 33.2 Å². The van der Waals surface area contributed by atoms with Gasteiger partial charge in [-0.05, 0) is 51.3 Å². The Hall–Kier alpha value is -2.28. The average molecular weight is 328 g/mol. The van der Waals surface area contributed by atoms with E-state index < -0.39 is 0 Å². The first kappa shape index (κ1) is 16.6. The maximum absolute atomic E-state index is 12.2. The lowest BCUT2D eigenvalue weighted by Gasteiger charge is -2.32. The second kappa shape index (κ2) is 7.53. The van der Waals surface area contributed by atoms with Crippen molar-refractivity contribution in [1.29, 1.82) is 0 Å². The van der Waals surface area contributed by atoms with Gasteiger partial charge < -0.3 is 5.32 Å². The summed E-state index contributed by atoms with van der Waals surface area (Å²) in [5, 5.41) is 7.37. The van der Waals surface area contributed by atoms with Crippen LogP contribution in [0.4, 0.5) is 5.69 Å². The standard InChI is InChI=1S/C17H24N6O/c1-13-19-14(2)23(21-13)11-15-4-3-9-22(10-15)12-17(24)20-16-5-7-18-8-6-16/h5-8,15H,3-4,9-12H2,1-2H3,(H,18,20,24). The van der Waals surface area contributed by atoms with E-state index in [-0.39, 0.29) is 5.91 Å². The molecule has 1 amide bonds. The molecule has 0 aromatic carbocycles. The molecule has 1 atom stereocenters. The molecule has 1 aliphatic heterocycles. The van der Waals surface area contributed by atoms with E-state index in [0.29, 0.717) is 12.5 Å². The number of piperidine rings is 1. The molecule has 1 fully saturated rings. The van der Waals surface area contributed by atoms with Gasteiger partial charge in [-0.25, -0.2) is 9.67 Å². The lowest BCUT2D eigenvalue weighted by Crippen LogP contribution is -2.41. The number of amides is 1. The van der Waals surface area contributed by atoms with Crippen molar-refractivity contribution < 1.29 is 4.79 Å². The van der Waals surface area contributed by atoms with Crippen LogP contribution in [0.5, 0.6) is 0 Å². The molecule has 1 N–H and O–H groups in total. The largest absolute Gasteiger partial charge is 0.325 e. The number of hydrogen-bond donors (Lipinski definition) is 1. The maximum atomic E-state index is 12.2. The van der Waals surface area contributed by atoms with Crippen LogP contribution in [0, 0.1) is 19.8 Å². The Morgan fingerprint density at radius 1 is 1.33 bits per heavy atom. The van der Waals surface area contributed by atoms with Gasteiger partial charge in [0.05, 0.1) is 6.54 Å². The zero-order valence-corrected chi connectivity index (χ0v) is 14.3. The summed E-state index contributed by atoms with van der Waals surface area (Å²) in [4.78, 5) is 22.7. The fraction of sp³-hybridized carbons (Fsp3) is 0.529. The first-order chi connectivity index (χ1) is 11.6. The Morgan fingerprint density at radius 2 is 2.12 bits per heavy atom. The van der Waals surface area contributed by atoms with Crippen LogP contribution in [0.2, 0.25) is 0 Å². The van der Waals surface area contributed by atoms with Gasteiger partial charge in [0, 0.05) is 31.2 Å². The molecule has 0 bridgehead atoms. The van der Waals surface area contributed by atoms with E-state index in [1.165, 1.54) is 6.42 Å². The molecule has 24 heavy (non-hydrogen) atoms. The van der Waals surface area contributed by atoms with Crippen molar-refractivity contribution in [3.8, 4) is 0 Å². The molecule has 1 aliphatic rings. The molecule has 1 saturated heterocycles. The summed E-state index contributed by atoms with van der Waals surface area (Å²) in [6.07, 6.45) is 5.63. The highest BCUT2D eigenvalue weighted by atomic mass is 16.2. The van der Waals surface area contributed by atoms with Gasteiger partial charge in [-0.1, -0.05) is 0 Å². The first-order valence-corrected chi connectivity index (χ1v) is 8.40. The SMILES string of the molecule is Cc1nc(C)n(CC2CCCN(CC(=O)Nc3ccncc3)C2)n1. The second-order valence-corrected chi connectivity index (χ2v) is 6.42. The molecule has 0 saturated carbocycles. The van der Waals surface area contributed by atoms with Gasteiger partial charge in [-0.2, -0.15) is 5.10 Å². The normalized spacial score (nSPS) is 18.5. The number of carbonyl (C=O) groups excluding carboxylic acids is 1. The molecular weight excluding hydrogens is 304 g/mol. The van der Waals surface area contributed by atoms with E-state index in [1.807, 2.05) is 18.5 Å². The highest BCUT2D eigenvalue weighted by molar-refractivity contribution is 5.92. The molecular formula is C17H24N6O. The van der Waals surface area contributed by atoms with Crippen LogP contribution in [0.3, 0.4) is 0 Å². The van der Waals surface area contributed by atoms with Crippen LogP contribution < -0.4 is 5.32 Å². The van der Waals surface area contributed by atoms with Crippen molar-refractivity contribution in [1.82, 2.24) is 24.6 Å². The van der Waals surface area contributed by atoms with Gasteiger partial charge in [0.25, 0.3) is 0 Å². The number of rotatable bonds is 5. The highest BCUT2D eigenvalue weighted by Crippen LogP contribution is 2.18. The molecule has 128 valence electrons. The summed E-state index contributed by atoms with van der Waals surface area (Å²) in [7, 11) is 0. The van der Waals surface area contributed by atoms with Gasteiger partial charge in [0.1, 0.15) is 11.6 Å². The molecule has 7 nitrogen and oxygen atoms in total. The number of nitrogens with one attached hydrogen (secondary N) is 1. The third-order valence-electron chi connectivity index (χ3n) is 4.33. The summed E-state index contributed by atoms with van der Waals surface area (Å²) < 4.78 is 1.99. The molecule has 0 radical (unpaired) electrons. The maximum Gasteiger partial charge on any atom is 0.238 e. The van der Waals surface area contributed by atoms with Crippen LogP contribution in [0.25, 0.3) is 0 Å². The molecule has 0 aliphatic carbocycles. The van der Waals surface area contributed by atoms with Crippen LogP contribution in [-0.4, -0.2) is 50.2 Å². The fourth-order valence-corrected chi connectivity index (χ4v) is 3.26. The fourth-order valence-electron chi connectivity index (χ4n) is 3.26. The lowest BCUT2D eigenvalue weighted by atomic mass is 9.98. The van der Waals surface area contributed by atoms with Gasteiger partial charge in [0.2, 0.25) is 5.91 Å². The van der Waals surface area contributed by atoms with Gasteiger partial charge >= 0.3 is 0 Å². The number of likely N-dealkylation sites (tertiary alicyclic amines) is 1. The number of aryl methyl sites for hydroxylation is 2. The number of nitrogens with zero attached hydrogens (tertiary/aromatic N) is 5. The van der Waals surface area contributed by atoms with Crippen molar-refractivity contribution in [3.05, 3.63) is 36.2 Å². The zero-order chi connectivity index (χ0) is 16.9. The predicted octanol–water partition coefficient (Wildman–Crippen LogP) is 1.64. The Bertz CT molecular complexity index is 684. The average Bonchev–Trinajstić information content (AvgIpc) is 2.86. The third kappa shape index (κ3) is 4.38. The predicted molar refractivity (Wildman–Crippen MR) is 91.5 cm³/mol. The molecule has 7 heteroatoms. The Labute approximate surface area is 142 Å². The van der Waals surface area contributed by atoms with E-state index >= 15 is 0 Å². The Balaban J connectivity index is 1.52. The molecule has 1 unspecified atom stereocenters. The van der Waals surface area contributed by atoms with E-state index in [4.69, 9.17) is 0 Å². The van der Waals surface area contributed by atoms with Crippen LogP contribution in [0.15, 0.2) is 24.5 Å². The summed E-state index contributed by atoms with van der Waals surface area (Å²) >= 11 is 0. The minimum atomic E-state index is 0.0228. The second-order valence-electron chi connectivity index (χ2n) is 6.42. The summed E-state index contributed by atoms with van der Waals surface area (Å²) in [5.74, 6) is 2.30. The quantitative estimate of drug-likeness (QED) is 0.903. The highest BCUT2D eigenvalue weighted by Gasteiger charge is 2.23. The van der Waals surface area contributed by atoms with Gasteiger partial charge in [-0.15, -0.1) is 0 Å². The minimum absolute atomic E-state index is 0.0228. The zero-order valence-electron chi connectivity index (χ0n) is 14.3. The smallest absolute Gasteiger partial charge is 0.238 e.